The minimum atomic E-state index is -5.30. The van der Waals surface area contributed by atoms with Crippen molar-refractivity contribution in [3.8, 4) is 22.6 Å². The van der Waals surface area contributed by atoms with Crippen LogP contribution in [0.1, 0.15) is 43.4 Å². The van der Waals surface area contributed by atoms with Gasteiger partial charge in [-0.2, -0.15) is 26.3 Å². The Morgan fingerprint density at radius 3 is 2.25 bits per heavy atom. The molecule has 0 amide bonds. The van der Waals surface area contributed by atoms with Crippen molar-refractivity contribution >= 4 is 28.5 Å². The van der Waals surface area contributed by atoms with Crippen LogP contribution in [0.15, 0.2) is 42.6 Å². The fourth-order valence-electron chi connectivity index (χ4n) is 7.28. The smallest absolute Gasteiger partial charge is 0.550 e. The molecule has 0 unspecified atom stereocenters. The summed E-state index contributed by atoms with van der Waals surface area (Å²) in [4.78, 5) is 32.8. The van der Waals surface area contributed by atoms with E-state index < -0.39 is 29.6 Å². The fourth-order valence-corrected chi connectivity index (χ4v) is 7.28. The van der Waals surface area contributed by atoms with Crippen molar-refractivity contribution < 1.29 is 70.5 Å². The predicted molar refractivity (Wildman–Crippen MR) is 177 cm³/mol. The Hall–Kier alpha value is -3.44. The van der Waals surface area contributed by atoms with Gasteiger partial charge in [0.1, 0.15) is 11.3 Å². The molecule has 0 spiro atoms. The van der Waals surface area contributed by atoms with Crippen molar-refractivity contribution in [3.63, 3.8) is 0 Å². The molecule has 4 aromatic rings. The Morgan fingerprint density at radius 2 is 1.65 bits per heavy atom. The Bertz CT molecular complexity index is 1850. The number of carbonyl (C=O) groups is 1. The Kier molecular flexibility index (Phi) is 12.1. The molecule has 4 heterocycles. The van der Waals surface area contributed by atoms with Gasteiger partial charge in [-0.15, -0.1) is 0 Å². The van der Waals surface area contributed by atoms with Crippen LogP contribution in [0.25, 0.3) is 33.8 Å². The first-order valence-electron chi connectivity index (χ1n) is 16.7. The maximum atomic E-state index is 13.9. The first kappa shape index (κ1) is 39.8. The number of pyridine rings is 2. The summed E-state index contributed by atoms with van der Waals surface area (Å²) in [5.74, 6) is -0.614. The molecule has 0 radical (unpaired) electrons. The molecular weight excluding hydrogens is 703 g/mol. The number of alkyl halides is 6. The predicted octanol–water partition coefficient (Wildman–Crippen LogP) is 2.63. The summed E-state index contributed by atoms with van der Waals surface area (Å²) in [7, 11) is 3.50. The second kappa shape index (κ2) is 15.9. The molecule has 1 N–H and O–H groups in total. The van der Waals surface area contributed by atoms with Crippen LogP contribution in [0.5, 0.6) is 0 Å². The van der Waals surface area contributed by atoms with Crippen LogP contribution >= 0.6 is 0 Å². The first-order chi connectivity index (χ1) is 24.2. The van der Waals surface area contributed by atoms with Crippen molar-refractivity contribution in [2.75, 3.05) is 69.8 Å². The largest absolute Gasteiger partial charge is 1.00 e. The standard InChI is InChI=1S/C35H39F6N7O3.Na/c1-46(20-33(21-51-2)10-3-4-11-33)27-18-26(23-17-25(34(36,37)38)30(42-19-23)35(39,40)41)43-32-29(27)44-31(45-32)22-5-7-24(8-6-22)48-15-13-47(14-16-48)12-9-28(49)50;/h5-8,17-19H,3-4,9-16,20-21H2,1-2H3,(H,49,50)(H,43,44,45);/q;+1/p-1. The second-order valence-corrected chi connectivity index (χ2v) is 13.4. The minimum absolute atomic E-state index is 0. The number of aromatic amines is 1. The van der Waals surface area contributed by atoms with Crippen LogP contribution in [0.4, 0.5) is 37.7 Å². The molecule has 52 heavy (non-hydrogen) atoms. The van der Waals surface area contributed by atoms with Gasteiger partial charge >= 0.3 is 41.9 Å². The Morgan fingerprint density at radius 1 is 0.981 bits per heavy atom. The summed E-state index contributed by atoms with van der Waals surface area (Å²) < 4.78 is 87.7. The number of carbonyl (C=O) groups excluding carboxylic acids is 1. The number of imidazole rings is 1. The number of aliphatic carboxylic acids is 1. The van der Waals surface area contributed by atoms with Gasteiger partial charge in [0, 0.05) is 87.8 Å². The molecule has 6 rings (SSSR count). The van der Waals surface area contributed by atoms with Gasteiger partial charge in [-0.25, -0.2) is 9.97 Å². The summed E-state index contributed by atoms with van der Waals surface area (Å²) in [6.07, 6.45) is -5.92. The number of ether oxygens (including phenoxy) is 1. The molecule has 1 saturated heterocycles. The summed E-state index contributed by atoms with van der Waals surface area (Å²) >= 11 is 0. The zero-order chi connectivity index (χ0) is 36.6. The van der Waals surface area contributed by atoms with Gasteiger partial charge in [0.15, 0.2) is 11.3 Å². The van der Waals surface area contributed by atoms with E-state index in [0.29, 0.717) is 55.9 Å². The summed E-state index contributed by atoms with van der Waals surface area (Å²) in [6.45, 7) is 4.40. The first-order valence-corrected chi connectivity index (χ1v) is 16.7. The molecule has 2 fully saturated rings. The maximum Gasteiger partial charge on any atom is 1.00 e. The van der Waals surface area contributed by atoms with Crippen molar-refractivity contribution in [2.24, 2.45) is 5.41 Å². The zero-order valence-electron chi connectivity index (χ0n) is 29.2. The number of nitrogens with one attached hydrogen (secondary N) is 1. The molecule has 1 saturated carbocycles. The molecule has 17 heteroatoms. The molecule has 0 bridgehead atoms. The Balaban J connectivity index is 0.00000523. The average Bonchev–Trinajstić information content (AvgIpc) is 3.73. The number of carboxylic acids is 1. The fraction of sp³-hybridized carbons (Fsp3) is 0.486. The number of methoxy groups -OCH3 is 1. The summed E-state index contributed by atoms with van der Waals surface area (Å²) in [5, 5.41) is 10.8. The molecular formula is C35H38F6N7NaO3. The van der Waals surface area contributed by atoms with Gasteiger partial charge in [-0.05, 0) is 55.7 Å². The number of carboxylic acid groups (broad SMARTS) is 1. The number of nitrogens with zero attached hydrogens (tertiary/aromatic N) is 6. The normalized spacial score (nSPS) is 16.7. The van der Waals surface area contributed by atoms with E-state index in [2.05, 4.69) is 24.8 Å². The third-order valence-electron chi connectivity index (χ3n) is 9.81. The monoisotopic (exact) mass is 741 g/mol. The van der Waals surface area contributed by atoms with E-state index in [4.69, 9.17) is 9.72 Å². The van der Waals surface area contributed by atoms with Crippen LogP contribution in [-0.4, -0.2) is 90.8 Å². The number of fused-ring (bicyclic) bond motifs is 1. The number of anilines is 2. The SMILES string of the molecule is COCC1(CN(C)c2cc(-c3cnc(C(F)(F)F)c(C(F)(F)F)c3)nc3nc(-c4ccc(N5CCN(CCC(=O)[O-])CC5)cc4)[nH]c23)CCCC1.[Na+]. The molecule has 1 aromatic carbocycles. The van der Waals surface area contributed by atoms with E-state index in [0.717, 1.165) is 56.2 Å². The van der Waals surface area contributed by atoms with Gasteiger partial charge in [-0.1, -0.05) is 12.8 Å². The van der Waals surface area contributed by atoms with Gasteiger partial charge in [0.2, 0.25) is 0 Å². The van der Waals surface area contributed by atoms with Crippen LogP contribution < -0.4 is 44.5 Å². The zero-order valence-corrected chi connectivity index (χ0v) is 31.2. The third kappa shape index (κ3) is 8.84. The number of hydrogen-bond donors (Lipinski definition) is 1. The van der Waals surface area contributed by atoms with E-state index >= 15 is 0 Å². The third-order valence-corrected chi connectivity index (χ3v) is 9.81. The molecule has 2 aliphatic rings. The quantitative estimate of drug-likeness (QED) is 0.183. The molecule has 1 aliphatic heterocycles. The minimum Gasteiger partial charge on any atom is -0.550 e. The van der Waals surface area contributed by atoms with Gasteiger partial charge in [0.05, 0.1) is 23.6 Å². The van der Waals surface area contributed by atoms with E-state index in [1.165, 1.54) is 0 Å². The number of H-pyrrole nitrogens is 1. The van der Waals surface area contributed by atoms with Crippen LogP contribution in [0, 0.1) is 5.41 Å². The van der Waals surface area contributed by atoms with Crippen LogP contribution in [0.3, 0.4) is 0 Å². The van der Waals surface area contributed by atoms with Crippen molar-refractivity contribution in [3.05, 3.63) is 53.9 Å². The molecule has 3 aromatic heterocycles. The molecule has 274 valence electrons. The topological polar surface area (TPSA) is 114 Å². The number of piperazine rings is 1. The van der Waals surface area contributed by atoms with Gasteiger partial charge < -0.3 is 29.4 Å². The van der Waals surface area contributed by atoms with E-state index in [1.807, 2.05) is 36.2 Å². The number of aromatic nitrogens is 4. The van der Waals surface area contributed by atoms with E-state index in [9.17, 15) is 36.2 Å². The van der Waals surface area contributed by atoms with Crippen LogP contribution in [0.2, 0.25) is 0 Å². The number of benzene rings is 1. The van der Waals surface area contributed by atoms with Crippen LogP contribution in [-0.2, 0) is 21.9 Å². The maximum absolute atomic E-state index is 13.9. The van der Waals surface area contributed by atoms with Crippen molar-refractivity contribution in [2.45, 2.75) is 44.5 Å². The Labute approximate surface area is 318 Å². The van der Waals surface area contributed by atoms with Crippen molar-refractivity contribution in [1.29, 1.82) is 0 Å². The average molecular weight is 742 g/mol. The van der Waals surface area contributed by atoms with E-state index in [-0.39, 0.29) is 58.3 Å². The molecule has 0 atom stereocenters. The van der Waals surface area contributed by atoms with Crippen molar-refractivity contribution in [1.82, 2.24) is 24.8 Å². The molecule has 10 nitrogen and oxygen atoms in total. The van der Waals surface area contributed by atoms with Gasteiger partial charge in [0.25, 0.3) is 0 Å². The molecule has 1 aliphatic carbocycles. The summed E-state index contributed by atoms with van der Waals surface area (Å²) in [6, 6.07) is 9.67. The second-order valence-electron chi connectivity index (χ2n) is 13.4. The summed E-state index contributed by atoms with van der Waals surface area (Å²) in [5.41, 5.74) is -1.32. The number of rotatable bonds is 11. The van der Waals surface area contributed by atoms with E-state index in [1.54, 1.807) is 13.2 Å². The number of halogens is 6. The van der Waals surface area contributed by atoms with Gasteiger partial charge in [-0.3, -0.25) is 9.88 Å². The number of hydrogen-bond acceptors (Lipinski definition) is 9.